The highest BCUT2D eigenvalue weighted by molar-refractivity contribution is 9.10. The fourth-order valence-electron chi connectivity index (χ4n) is 1.60. The molecule has 0 amide bonds. The molecule has 0 aromatic heterocycles. The first-order valence-electron chi connectivity index (χ1n) is 5.34. The Kier molecular flexibility index (Phi) is 4.27. The van der Waals surface area contributed by atoms with Crippen LogP contribution in [-0.2, 0) is 6.54 Å². The second-order valence-electron chi connectivity index (χ2n) is 3.85. The fourth-order valence-corrected chi connectivity index (χ4v) is 2.56. The minimum Gasteiger partial charge on any atom is -0.505 e. The second-order valence-corrected chi connectivity index (χ2v) is 5.11. The zero-order valence-electron chi connectivity index (χ0n) is 9.55. The summed E-state index contributed by atoms with van der Waals surface area (Å²) < 4.78 is 26.7. The SMILES string of the molecule is Oc1c(F)cccc1CNc1c(Cl)cc(F)cc1Br. The highest BCUT2D eigenvalue weighted by atomic mass is 79.9. The van der Waals surface area contributed by atoms with Gasteiger partial charge in [-0.05, 0) is 34.1 Å². The monoisotopic (exact) mass is 347 g/mol. The standard InChI is InChI=1S/C13H9BrClF2NO/c14-9-4-8(16)5-10(15)12(9)18-6-7-2-1-3-11(17)13(7)19/h1-5,18-19H,6H2. The van der Waals surface area contributed by atoms with Crippen LogP contribution in [0.4, 0.5) is 14.5 Å². The average molecular weight is 349 g/mol. The van der Waals surface area contributed by atoms with Crippen molar-refractivity contribution in [2.24, 2.45) is 0 Å². The molecule has 19 heavy (non-hydrogen) atoms. The molecule has 6 heteroatoms. The Hall–Kier alpha value is -1.33. The van der Waals surface area contributed by atoms with Gasteiger partial charge in [-0.3, -0.25) is 0 Å². The van der Waals surface area contributed by atoms with Gasteiger partial charge < -0.3 is 10.4 Å². The average Bonchev–Trinajstić information content (AvgIpc) is 2.33. The molecule has 0 aliphatic carbocycles. The van der Waals surface area contributed by atoms with Gasteiger partial charge in [0.05, 0.1) is 10.7 Å². The van der Waals surface area contributed by atoms with Gasteiger partial charge in [0.1, 0.15) is 5.82 Å². The highest BCUT2D eigenvalue weighted by Crippen LogP contribution is 2.32. The number of hydrogen-bond donors (Lipinski definition) is 2. The van der Waals surface area contributed by atoms with Gasteiger partial charge in [-0.25, -0.2) is 8.78 Å². The smallest absolute Gasteiger partial charge is 0.165 e. The molecule has 2 nitrogen and oxygen atoms in total. The number of phenolic OH excluding ortho intramolecular Hbond substituents is 1. The van der Waals surface area contributed by atoms with E-state index in [0.29, 0.717) is 15.7 Å². The lowest BCUT2D eigenvalue weighted by molar-refractivity contribution is 0.427. The summed E-state index contributed by atoms with van der Waals surface area (Å²) in [7, 11) is 0. The van der Waals surface area contributed by atoms with Crippen molar-refractivity contribution in [3.63, 3.8) is 0 Å². The largest absolute Gasteiger partial charge is 0.505 e. The molecule has 0 bridgehead atoms. The number of rotatable bonds is 3. The van der Waals surface area contributed by atoms with E-state index in [1.54, 1.807) is 6.07 Å². The lowest BCUT2D eigenvalue weighted by Crippen LogP contribution is -2.02. The van der Waals surface area contributed by atoms with Crippen LogP contribution >= 0.6 is 27.5 Å². The van der Waals surface area contributed by atoms with Gasteiger partial charge >= 0.3 is 0 Å². The van der Waals surface area contributed by atoms with Crippen molar-refractivity contribution in [3.8, 4) is 5.75 Å². The van der Waals surface area contributed by atoms with Crippen LogP contribution in [0.5, 0.6) is 5.75 Å². The highest BCUT2D eigenvalue weighted by Gasteiger charge is 2.10. The molecule has 2 N–H and O–H groups in total. The molecule has 0 saturated heterocycles. The summed E-state index contributed by atoms with van der Waals surface area (Å²) in [5.41, 5.74) is 0.860. The maximum absolute atomic E-state index is 13.2. The predicted molar refractivity (Wildman–Crippen MR) is 74.5 cm³/mol. The van der Waals surface area contributed by atoms with Gasteiger partial charge in [0.25, 0.3) is 0 Å². The van der Waals surface area contributed by atoms with Gasteiger partial charge in [0, 0.05) is 16.6 Å². The van der Waals surface area contributed by atoms with Crippen LogP contribution in [0.2, 0.25) is 5.02 Å². The molecule has 2 rings (SSSR count). The van der Waals surface area contributed by atoms with E-state index in [2.05, 4.69) is 21.2 Å². The lowest BCUT2D eigenvalue weighted by Gasteiger charge is -2.12. The third-order valence-corrected chi connectivity index (χ3v) is 3.46. The van der Waals surface area contributed by atoms with Gasteiger partial charge in [-0.1, -0.05) is 23.7 Å². The van der Waals surface area contributed by atoms with E-state index < -0.39 is 17.4 Å². The van der Waals surface area contributed by atoms with Crippen LogP contribution in [0.3, 0.4) is 0 Å². The number of halogens is 4. The van der Waals surface area contributed by atoms with Crippen LogP contribution in [0.15, 0.2) is 34.8 Å². The number of aromatic hydroxyl groups is 1. The molecule has 0 aliphatic rings. The Morgan fingerprint density at radius 2 is 2.00 bits per heavy atom. The van der Waals surface area contributed by atoms with Crippen LogP contribution in [-0.4, -0.2) is 5.11 Å². The van der Waals surface area contributed by atoms with Crippen molar-refractivity contribution in [2.75, 3.05) is 5.32 Å². The molecular weight excluding hydrogens is 340 g/mol. The Morgan fingerprint density at radius 1 is 1.26 bits per heavy atom. The quantitative estimate of drug-likeness (QED) is 0.843. The molecule has 2 aromatic rings. The van der Waals surface area contributed by atoms with E-state index in [9.17, 15) is 13.9 Å². The summed E-state index contributed by atoms with van der Waals surface area (Å²) in [5, 5.41) is 12.7. The van der Waals surface area contributed by atoms with Crippen LogP contribution in [0, 0.1) is 11.6 Å². The van der Waals surface area contributed by atoms with Crippen molar-refractivity contribution >= 4 is 33.2 Å². The van der Waals surface area contributed by atoms with Crippen molar-refractivity contribution in [2.45, 2.75) is 6.54 Å². The number of nitrogens with one attached hydrogen (secondary N) is 1. The van der Waals surface area contributed by atoms with Crippen molar-refractivity contribution < 1.29 is 13.9 Å². The summed E-state index contributed by atoms with van der Waals surface area (Å²) in [4.78, 5) is 0. The molecule has 0 saturated carbocycles. The maximum Gasteiger partial charge on any atom is 0.165 e. The van der Waals surface area contributed by atoms with Crippen LogP contribution < -0.4 is 5.32 Å². The zero-order valence-corrected chi connectivity index (χ0v) is 11.9. The van der Waals surface area contributed by atoms with E-state index >= 15 is 0 Å². The van der Waals surface area contributed by atoms with E-state index in [0.717, 1.165) is 0 Å². The van der Waals surface area contributed by atoms with Gasteiger partial charge in [-0.15, -0.1) is 0 Å². The van der Waals surface area contributed by atoms with Crippen LogP contribution in [0.1, 0.15) is 5.56 Å². The van der Waals surface area contributed by atoms with Gasteiger partial charge in [-0.2, -0.15) is 0 Å². The Labute approximate surface area is 122 Å². The normalized spacial score (nSPS) is 10.5. The Morgan fingerprint density at radius 3 is 2.68 bits per heavy atom. The zero-order chi connectivity index (χ0) is 14.0. The third kappa shape index (κ3) is 3.16. The first kappa shape index (κ1) is 14.1. The molecule has 0 fully saturated rings. The summed E-state index contributed by atoms with van der Waals surface area (Å²) in [5.74, 6) is -1.57. The third-order valence-electron chi connectivity index (χ3n) is 2.53. The molecule has 0 aliphatic heterocycles. The van der Waals surface area contributed by atoms with Crippen LogP contribution in [0.25, 0.3) is 0 Å². The minimum absolute atomic E-state index is 0.160. The second kappa shape index (κ2) is 5.75. The topological polar surface area (TPSA) is 32.3 Å². The van der Waals surface area contributed by atoms with E-state index in [1.165, 1.54) is 24.3 Å². The number of anilines is 1. The van der Waals surface area contributed by atoms with E-state index in [-0.39, 0.29) is 11.6 Å². The molecule has 0 spiro atoms. The Bertz CT molecular complexity index is 599. The maximum atomic E-state index is 13.2. The summed E-state index contributed by atoms with van der Waals surface area (Å²) in [6, 6.07) is 6.67. The van der Waals surface area contributed by atoms with Gasteiger partial charge in [0.2, 0.25) is 0 Å². The van der Waals surface area contributed by atoms with Crippen molar-refractivity contribution in [1.29, 1.82) is 0 Å². The molecular formula is C13H9BrClF2NO. The summed E-state index contributed by atoms with van der Waals surface area (Å²) in [6.07, 6.45) is 0. The lowest BCUT2D eigenvalue weighted by atomic mass is 10.2. The number of para-hydroxylation sites is 1. The molecule has 100 valence electrons. The first-order chi connectivity index (χ1) is 8.99. The molecule has 0 atom stereocenters. The Balaban J connectivity index is 2.22. The van der Waals surface area contributed by atoms with Crippen molar-refractivity contribution in [3.05, 3.63) is 57.0 Å². The molecule has 0 unspecified atom stereocenters. The van der Waals surface area contributed by atoms with Gasteiger partial charge in [0.15, 0.2) is 11.6 Å². The van der Waals surface area contributed by atoms with E-state index in [4.69, 9.17) is 11.6 Å². The van der Waals surface area contributed by atoms with Crippen molar-refractivity contribution in [1.82, 2.24) is 0 Å². The number of hydrogen-bond acceptors (Lipinski definition) is 2. The first-order valence-corrected chi connectivity index (χ1v) is 6.51. The number of phenols is 1. The van der Waals surface area contributed by atoms with E-state index in [1.807, 2.05) is 0 Å². The number of benzene rings is 2. The predicted octanol–water partition coefficient (Wildman–Crippen LogP) is 4.70. The molecule has 0 radical (unpaired) electrons. The molecule has 2 aromatic carbocycles. The molecule has 0 heterocycles. The minimum atomic E-state index is -0.691. The fraction of sp³-hybridized carbons (Fsp3) is 0.0769. The summed E-state index contributed by atoms with van der Waals surface area (Å²) in [6.45, 7) is 0.160. The summed E-state index contributed by atoms with van der Waals surface area (Å²) >= 11 is 9.08.